The maximum absolute atomic E-state index is 11.6. The monoisotopic (exact) mass is 221 g/mol. The molecule has 4 nitrogen and oxygen atoms in total. The van der Waals surface area contributed by atoms with Gasteiger partial charge in [0.25, 0.3) is 0 Å². The molecule has 16 heavy (non-hydrogen) atoms. The van der Waals surface area contributed by atoms with Gasteiger partial charge in [0.1, 0.15) is 0 Å². The molecular weight excluding hydrogens is 202 g/mol. The van der Waals surface area contributed by atoms with E-state index in [1.807, 2.05) is 32.0 Å². The smallest absolute Gasteiger partial charge is 0.222 e. The molecule has 0 spiro atoms. The minimum atomic E-state index is -0.0715. The van der Waals surface area contributed by atoms with Crippen LogP contribution < -0.4 is 11.1 Å². The highest BCUT2D eigenvalue weighted by Crippen LogP contribution is 2.08. The molecule has 0 radical (unpaired) electrons. The van der Waals surface area contributed by atoms with Crippen molar-refractivity contribution in [3.05, 3.63) is 30.1 Å². The van der Waals surface area contributed by atoms with Crippen molar-refractivity contribution in [1.29, 1.82) is 0 Å². The van der Waals surface area contributed by atoms with Crippen LogP contribution in [0.2, 0.25) is 0 Å². The maximum Gasteiger partial charge on any atom is 0.222 e. The Morgan fingerprint density at radius 2 is 2.31 bits per heavy atom. The second kappa shape index (κ2) is 6.23. The van der Waals surface area contributed by atoms with Crippen molar-refractivity contribution in [2.45, 2.75) is 38.8 Å². The molecule has 0 aromatic carbocycles. The first-order valence-corrected chi connectivity index (χ1v) is 5.59. The lowest BCUT2D eigenvalue weighted by Gasteiger charge is -2.15. The maximum atomic E-state index is 11.6. The first kappa shape index (κ1) is 12.6. The summed E-state index contributed by atoms with van der Waals surface area (Å²) in [6, 6.07) is 5.52. The zero-order chi connectivity index (χ0) is 12.0. The molecule has 1 aromatic rings. The molecule has 88 valence electrons. The summed E-state index contributed by atoms with van der Waals surface area (Å²) in [6.45, 7) is 3.89. The lowest BCUT2D eigenvalue weighted by molar-refractivity contribution is -0.122. The summed E-state index contributed by atoms with van der Waals surface area (Å²) in [7, 11) is 0. The number of amides is 1. The van der Waals surface area contributed by atoms with Crippen LogP contribution >= 0.6 is 0 Å². The van der Waals surface area contributed by atoms with Crippen molar-refractivity contribution in [3.63, 3.8) is 0 Å². The highest BCUT2D eigenvalue weighted by atomic mass is 16.1. The zero-order valence-corrected chi connectivity index (χ0v) is 9.81. The molecule has 2 atom stereocenters. The van der Waals surface area contributed by atoms with Gasteiger partial charge in [0.05, 0.1) is 11.7 Å². The molecule has 0 aliphatic heterocycles. The molecule has 0 aliphatic carbocycles. The van der Waals surface area contributed by atoms with E-state index >= 15 is 0 Å². The van der Waals surface area contributed by atoms with Gasteiger partial charge in [-0.2, -0.15) is 0 Å². The van der Waals surface area contributed by atoms with Gasteiger partial charge in [0.2, 0.25) is 5.91 Å². The molecule has 0 saturated carbocycles. The molecule has 1 rings (SSSR count). The number of hydrogen-bond acceptors (Lipinski definition) is 3. The van der Waals surface area contributed by atoms with Crippen LogP contribution in [0, 0.1) is 0 Å². The third-order valence-corrected chi connectivity index (χ3v) is 2.48. The van der Waals surface area contributed by atoms with E-state index in [4.69, 9.17) is 5.73 Å². The van der Waals surface area contributed by atoms with Crippen LogP contribution in [0.15, 0.2) is 24.4 Å². The molecule has 1 amide bonds. The first-order valence-electron chi connectivity index (χ1n) is 5.59. The van der Waals surface area contributed by atoms with Crippen LogP contribution in [0.25, 0.3) is 0 Å². The SMILES string of the molecule is CCC(N)CC(=O)N[C@H](C)c1ccccn1. The van der Waals surface area contributed by atoms with Crippen molar-refractivity contribution in [2.24, 2.45) is 5.73 Å². The van der Waals surface area contributed by atoms with Crippen LogP contribution in [-0.4, -0.2) is 16.9 Å². The van der Waals surface area contributed by atoms with Crippen LogP contribution in [0.1, 0.15) is 38.4 Å². The second-order valence-electron chi connectivity index (χ2n) is 3.92. The van der Waals surface area contributed by atoms with E-state index in [0.29, 0.717) is 6.42 Å². The predicted octanol–water partition coefficient (Wildman–Crippen LogP) is 1.39. The molecule has 0 bridgehead atoms. The molecule has 0 aliphatic rings. The molecule has 0 saturated heterocycles. The molecular formula is C12H19N3O. The molecule has 1 unspecified atom stereocenters. The summed E-state index contributed by atoms with van der Waals surface area (Å²) in [5.41, 5.74) is 6.57. The van der Waals surface area contributed by atoms with E-state index in [0.717, 1.165) is 12.1 Å². The minimum Gasteiger partial charge on any atom is -0.348 e. The fraction of sp³-hybridized carbons (Fsp3) is 0.500. The van der Waals surface area contributed by atoms with Gasteiger partial charge < -0.3 is 11.1 Å². The van der Waals surface area contributed by atoms with Crippen molar-refractivity contribution in [1.82, 2.24) is 10.3 Å². The summed E-state index contributed by atoms with van der Waals surface area (Å²) in [5.74, 6) is -0.0208. The van der Waals surface area contributed by atoms with Gasteiger partial charge in [-0.25, -0.2) is 0 Å². The van der Waals surface area contributed by atoms with Gasteiger partial charge >= 0.3 is 0 Å². The lowest BCUT2D eigenvalue weighted by atomic mass is 10.1. The Kier molecular flexibility index (Phi) is 4.92. The van der Waals surface area contributed by atoms with Gasteiger partial charge in [-0.15, -0.1) is 0 Å². The third kappa shape index (κ3) is 3.98. The number of hydrogen-bond donors (Lipinski definition) is 2. The van der Waals surface area contributed by atoms with Crippen molar-refractivity contribution < 1.29 is 4.79 Å². The molecule has 0 fully saturated rings. The largest absolute Gasteiger partial charge is 0.348 e. The number of pyridine rings is 1. The Bertz CT molecular complexity index is 326. The first-order chi connectivity index (χ1) is 7.63. The van der Waals surface area contributed by atoms with Crippen molar-refractivity contribution >= 4 is 5.91 Å². The molecule has 1 aromatic heterocycles. The van der Waals surface area contributed by atoms with Gasteiger partial charge in [-0.3, -0.25) is 9.78 Å². The number of nitrogens with two attached hydrogens (primary N) is 1. The predicted molar refractivity (Wildman–Crippen MR) is 63.7 cm³/mol. The third-order valence-electron chi connectivity index (χ3n) is 2.48. The van der Waals surface area contributed by atoms with E-state index in [2.05, 4.69) is 10.3 Å². The Hall–Kier alpha value is -1.42. The Morgan fingerprint density at radius 1 is 1.56 bits per heavy atom. The highest BCUT2D eigenvalue weighted by Gasteiger charge is 2.12. The fourth-order valence-corrected chi connectivity index (χ4v) is 1.39. The number of nitrogens with zero attached hydrogens (tertiary/aromatic N) is 1. The molecule has 1 heterocycles. The Morgan fingerprint density at radius 3 is 2.88 bits per heavy atom. The number of aromatic nitrogens is 1. The summed E-state index contributed by atoms with van der Waals surface area (Å²) < 4.78 is 0. The lowest BCUT2D eigenvalue weighted by Crippen LogP contribution is -2.33. The average Bonchev–Trinajstić information content (AvgIpc) is 2.29. The Balaban J connectivity index is 2.46. The van der Waals surface area contributed by atoms with E-state index in [1.54, 1.807) is 6.20 Å². The van der Waals surface area contributed by atoms with Crippen molar-refractivity contribution in [3.8, 4) is 0 Å². The second-order valence-corrected chi connectivity index (χ2v) is 3.92. The zero-order valence-electron chi connectivity index (χ0n) is 9.81. The molecule has 4 heteroatoms. The van der Waals surface area contributed by atoms with Gasteiger partial charge in [0, 0.05) is 18.7 Å². The van der Waals surface area contributed by atoms with Crippen LogP contribution in [0.4, 0.5) is 0 Å². The van der Waals surface area contributed by atoms with E-state index in [1.165, 1.54) is 0 Å². The van der Waals surface area contributed by atoms with Gasteiger partial charge in [-0.1, -0.05) is 13.0 Å². The Labute approximate surface area is 96.3 Å². The number of nitrogens with one attached hydrogen (secondary N) is 1. The van der Waals surface area contributed by atoms with Crippen LogP contribution in [0.5, 0.6) is 0 Å². The van der Waals surface area contributed by atoms with E-state index < -0.39 is 0 Å². The summed E-state index contributed by atoms with van der Waals surface area (Å²) in [4.78, 5) is 15.8. The quantitative estimate of drug-likeness (QED) is 0.789. The number of rotatable bonds is 5. The van der Waals surface area contributed by atoms with Crippen LogP contribution in [0.3, 0.4) is 0 Å². The van der Waals surface area contributed by atoms with Crippen molar-refractivity contribution in [2.75, 3.05) is 0 Å². The van der Waals surface area contributed by atoms with E-state index in [9.17, 15) is 4.79 Å². The fourth-order valence-electron chi connectivity index (χ4n) is 1.39. The number of carbonyl (C=O) groups is 1. The summed E-state index contributed by atoms with van der Waals surface area (Å²) in [6.07, 6.45) is 2.90. The van der Waals surface area contributed by atoms with Gasteiger partial charge in [0.15, 0.2) is 0 Å². The summed E-state index contributed by atoms with van der Waals surface area (Å²) >= 11 is 0. The average molecular weight is 221 g/mol. The number of carbonyl (C=O) groups excluding carboxylic acids is 1. The molecule has 3 N–H and O–H groups in total. The minimum absolute atomic E-state index is 0.0208. The highest BCUT2D eigenvalue weighted by molar-refractivity contribution is 5.76. The van der Waals surface area contributed by atoms with Gasteiger partial charge in [-0.05, 0) is 25.5 Å². The standard InChI is InChI=1S/C12H19N3O/c1-3-10(13)8-12(16)15-9(2)11-6-4-5-7-14-11/h4-7,9-10H,3,8,13H2,1-2H3,(H,15,16)/t9-,10?/m1/s1. The normalized spacial score (nSPS) is 14.2. The van der Waals surface area contributed by atoms with E-state index in [-0.39, 0.29) is 18.0 Å². The van der Waals surface area contributed by atoms with Crippen LogP contribution in [-0.2, 0) is 4.79 Å². The summed E-state index contributed by atoms with van der Waals surface area (Å²) in [5, 5.41) is 2.88. The topological polar surface area (TPSA) is 68.0 Å².